The molecular formula is C16H19NO3S2. The first kappa shape index (κ1) is 15.4. The van der Waals surface area contributed by atoms with Gasteiger partial charge in [0, 0.05) is 7.05 Å². The van der Waals surface area contributed by atoms with E-state index in [1.807, 2.05) is 12.1 Å². The largest absolute Gasteiger partial charge is 0.490 e. The number of ether oxygens (including phenoxy) is 1. The molecule has 0 radical (unpaired) electrons. The molecule has 1 aromatic carbocycles. The molecule has 1 aliphatic rings. The van der Waals surface area contributed by atoms with Gasteiger partial charge in [0.25, 0.3) is 10.0 Å². The van der Waals surface area contributed by atoms with Crippen LogP contribution in [0, 0.1) is 0 Å². The van der Waals surface area contributed by atoms with Crippen molar-refractivity contribution in [3.8, 4) is 5.75 Å². The van der Waals surface area contributed by atoms with Crippen molar-refractivity contribution in [1.82, 2.24) is 0 Å². The Kier molecular flexibility index (Phi) is 4.40. The van der Waals surface area contributed by atoms with Gasteiger partial charge in [-0.1, -0.05) is 6.07 Å². The molecule has 1 fully saturated rings. The van der Waals surface area contributed by atoms with Crippen LogP contribution in [0.4, 0.5) is 5.69 Å². The van der Waals surface area contributed by atoms with Gasteiger partial charge < -0.3 is 4.74 Å². The Hall–Kier alpha value is -1.53. The molecule has 3 rings (SSSR count). The maximum absolute atomic E-state index is 12.5. The molecule has 0 amide bonds. The lowest BCUT2D eigenvalue weighted by atomic mass is 10.3. The van der Waals surface area contributed by atoms with E-state index < -0.39 is 10.0 Å². The maximum Gasteiger partial charge on any atom is 0.273 e. The Labute approximate surface area is 135 Å². The van der Waals surface area contributed by atoms with Gasteiger partial charge in [-0.05, 0) is 61.4 Å². The van der Waals surface area contributed by atoms with Gasteiger partial charge in [0.2, 0.25) is 0 Å². The molecule has 1 heterocycles. The van der Waals surface area contributed by atoms with E-state index in [4.69, 9.17) is 4.74 Å². The first-order valence-electron chi connectivity index (χ1n) is 7.36. The Morgan fingerprint density at radius 2 is 1.82 bits per heavy atom. The van der Waals surface area contributed by atoms with Gasteiger partial charge >= 0.3 is 0 Å². The summed E-state index contributed by atoms with van der Waals surface area (Å²) in [5.74, 6) is 0.803. The van der Waals surface area contributed by atoms with E-state index in [0.717, 1.165) is 18.6 Å². The Bertz CT molecular complexity index is 702. The normalized spacial score (nSPS) is 15.9. The van der Waals surface area contributed by atoms with Crippen LogP contribution < -0.4 is 9.04 Å². The summed E-state index contributed by atoms with van der Waals surface area (Å²) in [4.78, 5) is 0. The number of nitrogens with zero attached hydrogens (tertiary/aromatic N) is 1. The Morgan fingerprint density at radius 3 is 2.41 bits per heavy atom. The van der Waals surface area contributed by atoms with E-state index in [9.17, 15) is 8.42 Å². The minimum Gasteiger partial charge on any atom is -0.490 e. The smallest absolute Gasteiger partial charge is 0.273 e. The standard InChI is InChI=1S/C16H19NO3S2/c1-17(22(18,19)16-7-4-12-21-16)13-8-10-15(11-9-13)20-14-5-2-3-6-14/h4,7-12,14H,2-3,5-6H2,1H3. The van der Waals surface area contributed by atoms with Crippen LogP contribution in [0.25, 0.3) is 0 Å². The van der Waals surface area contributed by atoms with E-state index in [1.54, 1.807) is 36.7 Å². The van der Waals surface area contributed by atoms with Crippen LogP contribution in [0.5, 0.6) is 5.75 Å². The summed E-state index contributed by atoms with van der Waals surface area (Å²) in [7, 11) is -1.90. The zero-order valence-corrected chi connectivity index (χ0v) is 14.1. The van der Waals surface area contributed by atoms with E-state index in [1.165, 1.54) is 28.5 Å². The molecule has 0 saturated heterocycles. The van der Waals surface area contributed by atoms with Gasteiger partial charge in [-0.25, -0.2) is 8.42 Å². The third kappa shape index (κ3) is 3.13. The highest BCUT2D eigenvalue weighted by Gasteiger charge is 2.22. The van der Waals surface area contributed by atoms with Crippen molar-refractivity contribution in [3.05, 3.63) is 41.8 Å². The predicted octanol–water partition coefficient (Wildman–Crippen LogP) is 3.89. The van der Waals surface area contributed by atoms with Crippen LogP contribution in [-0.2, 0) is 10.0 Å². The number of hydrogen-bond acceptors (Lipinski definition) is 4. The van der Waals surface area contributed by atoms with Crippen molar-refractivity contribution < 1.29 is 13.2 Å². The number of thiophene rings is 1. The molecule has 0 bridgehead atoms. The molecular weight excluding hydrogens is 318 g/mol. The molecule has 0 aliphatic heterocycles. The number of rotatable bonds is 5. The average molecular weight is 337 g/mol. The Balaban J connectivity index is 1.74. The van der Waals surface area contributed by atoms with Crippen LogP contribution in [-0.4, -0.2) is 21.6 Å². The summed E-state index contributed by atoms with van der Waals surface area (Å²) in [6, 6.07) is 10.6. The molecule has 22 heavy (non-hydrogen) atoms. The number of hydrogen-bond donors (Lipinski definition) is 0. The monoisotopic (exact) mass is 337 g/mol. The molecule has 0 atom stereocenters. The van der Waals surface area contributed by atoms with Gasteiger partial charge in [0.05, 0.1) is 11.8 Å². The summed E-state index contributed by atoms with van der Waals surface area (Å²) in [5.41, 5.74) is 0.632. The minimum absolute atomic E-state index is 0.304. The van der Waals surface area contributed by atoms with Gasteiger partial charge in [0.15, 0.2) is 0 Å². The quantitative estimate of drug-likeness (QED) is 0.831. The summed E-state index contributed by atoms with van der Waals surface area (Å²) in [6.07, 6.45) is 4.97. The first-order chi connectivity index (χ1) is 10.6. The summed E-state index contributed by atoms with van der Waals surface area (Å²) in [6.45, 7) is 0. The van der Waals surface area contributed by atoms with Crippen molar-refractivity contribution in [3.63, 3.8) is 0 Å². The van der Waals surface area contributed by atoms with Crippen molar-refractivity contribution in [2.75, 3.05) is 11.4 Å². The molecule has 1 saturated carbocycles. The summed E-state index contributed by atoms with van der Waals surface area (Å²) >= 11 is 1.22. The molecule has 0 spiro atoms. The zero-order chi connectivity index (χ0) is 15.6. The lowest BCUT2D eigenvalue weighted by Crippen LogP contribution is -2.25. The second-order valence-electron chi connectivity index (χ2n) is 5.42. The van der Waals surface area contributed by atoms with Crippen LogP contribution in [0.2, 0.25) is 0 Å². The van der Waals surface area contributed by atoms with Crippen LogP contribution in [0.1, 0.15) is 25.7 Å². The van der Waals surface area contributed by atoms with E-state index >= 15 is 0 Å². The fraction of sp³-hybridized carbons (Fsp3) is 0.375. The maximum atomic E-state index is 12.5. The van der Waals surface area contributed by atoms with Crippen LogP contribution in [0.3, 0.4) is 0 Å². The summed E-state index contributed by atoms with van der Waals surface area (Å²) < 4.78 is 32.5. The molecule has 1 aromatic heterocycles. The molecule has 0 N–H and O–H groups in total. The highest BCUT2D eigenvalue weighted by Crippen LogP contribution is 2.28. The van der Waals surface area contributed by atoms with Gasteiger partial charge in [-0.15, -0.1) is 11.3 Å². The van der Waals surface area contributed by atoms with Gasteiger partial charge in [-0.2, -0.15) is 0 Å². The SMILES string of the molecule is CN(c1ccc(OC2CCCC2)cc1)S(=O)(=O)c1cccs1. The fourth-order valence-electron chi connectivity index (χ4n) is 2.62. The van der Waals surface area contributed by atoms with Crippen molar-refractivity contribution in [2.45, 2.75) is 36.0 Å². The second-order valence-corrected chi connectivity index (χ2v) is 8.57. The average Bonchev–Trinajstić information content (AvgIpc) is 3.21. The van der Waals surface area contributed by atoms with E-state index in [-0.39, 0.29) is 0 Å². The second kappa shape index (κ2) is 6.30. The number of sulfonamides is 1. The topological polar surface area (TPSA) is 46.6 Å². The minimum atomic E-state index is -3.47. The molecule has 0 unspecified atom stereocenters. The third-order valence-electron chi connectivity index (χ3n) is 3.92. The highest BCUT2D eigenvalue weighted by molar-refractivity contribution is 7.94. The highest BCUT2D eigenvalue weighted by atomic mass is 32.2. The summed E-state index contributed by atoms with van der Waals surface area (Å²) in [5, 5.41) is 1.76. The first-order valence-corrected chi connectivity index (χ1v) is 9.68. The molecule has 6 heteroatoms. The fourth-order valence-corrected chi connectivity index (χ4v) is 4.97. The van der Waals surface area contributed by atoms with Crippen molar-refractivity contribution in [1.29, 1.82) is 0 Å². The van der Waals surface area contributed by atoms with Crippen molar-refractivity contribution in [2.24, 2.45) is 0 Å². The third-order valence-corrected chi connectivity index (χ3v) is 7.07. The van der Waals surface area contributed by atoms with E-state index in [0.29, 0.717) is 16.0 Å². The Morgan fingerprint density at radius 1 is 1.14 bits per heavy atom. The predicted molar refractivity (Wildman–Crippen MR) is 89.2 cm³/mol. The lowest BCUT2D eigenvalue weighted by molar-refractivity contribution is 0.210. The zero-order valence-electron chi connectivity index (χ0n) is 12.4. The lowest BCUT2D eigenvalue weighted by Gasteiger charge is -2.19. The molecule has 1 aliphatic carbocycles. The van der Waals surface area contributed by atoms with Crippen LogP contribution >= 0.6 is 11.3 Å². The molecule has 2 aromatic rings. The van der Waals surface area contributed by atoms with Gasteiger partial charge in [0.1, 0.15) is 9.96 Å². The molecule has 4 nitrogen and oxygen atoms in total. The van der Waals surface area contributed by atoms with Gasteiger partial charge in [-0.3, -0.25) is 4.31 Å². The van der Waals surface area contributed by atoms with Crippen molar-refractivity contribution >= 4 is 27.0 Å². The molecule has 118 valence electrons. The number of anilines is 1. The van der Waals surface area contributed by atoms with Crippen LogP contribution in [0.15, 0.2) is 46.0 Å². The number of benzene rings is 1. The van der Waals surface area contributed by atoms with E-state index in [2.05, 4.69) is 0 Å².